The van der Waals surface area contributed by atoms with Crippen LogP contribution in [-0.2, 0) is 20.7 Å². The Morgan fingerprint density at radius 2 is 2.26 bits per heavy atom. The van der Waals surface area contributed by atoms with Gasteiger partial charge in [0.1, 0.15) is 16.9 Å². The summed E-state index contributed by atoms with van der Waals surface area (Å²) in [6.45, 7) is 1.75. The third kappa shape index (κ3) is 2.52. The van der Waals surface area contributed by atoms with Gasteiger partial charge in [0.05, 0.1) is 13.7 Å². The Bertz CT molecular complexity index is 526. The Hall–Kier alpha value is -1.36. The molecule has 102 valence electrons. The average molecular weight is 327 g/mol. The Labute approximate surface area is 120 Å². The molecule has 1 unspecified atom stereocenters. The molecular formula is C14H15BrO4. The van der Waals surface area contributed by atoms with Crippen molar-refractivity contribution in [2.24, 2.45) is 5.41 Å². The third-order valence-corrected chi connectivity index (χ3v) is 4.35. The van der Waals surface area contributed by atoms with Crippen LogP contribution in [0.3, 0.4) is 0 Å². The SMILES string of the molecule is COc1ccc(Br)c(CC2(C(C)=O)CCOC2=O)c1. The minimum absolute atomic E-state index is 0.148. The topological polar surface area (TPSA) is 52.6 Å². The van der Waals surface area contributed by atoms with Crippen LogP contribution in [0, 0.1) is 5.41 Å². The van der Waals surface area contributed by atoms with Gasteiger partial charge in [-0.15, -0.1) is 0 Å². The molecule has 2 rings (SSSR count). The van der Waals surface area contributed by atoms with E-state index in [9.17, 15) is 9.59 Å². The van der Waals surface area contributed by atoms with Gasteiger partial charge in [-0.3, -0.25) is 9.59 Å². The number of methoxy groups -OCH3 is 1. The van der Waals surface area contributed by atoms with Crippen LogP contribution in [0.2, 0.25) is 0 Å². The molecule has 1 aliphatic heterocycles. The molecular weight excluding hydrogens is 312 g/mol. The van der Waals surface area contributed by atoms with E-state index in [2.05, 4.69) is 15.9 Å². The van der Waals surface area contributed by atoms with E-state index in [1.165, 1.54) is 6.92 Å². The van der Waals surface area contributed by atoms with E-state index >= 15 is 0 Å². The van der Waals surface area contributed by atoms with E-state index in [1.807, 2.05) is 18.2 Å². The summed E-state index contributed by atoms with van der Waals surface area (Å²) >= 11 is 3.44. The fourth-order valence-electron chi connectivity index (χ4n) is 2.30. The molecule has 1 fully saturated rings. The number of hydrogen-bond acceptors (Lipinski definition) is 4. The molecule has 19 heavy (non-hydrogen) atoms. The van der Waals surface area contributed by atoms with Crippen LogP contribution in [0.15, 0.2) is 22.7 Å². The predicted molar refractivity (Wildman–Crippen MR) is 73.1 cm³/mol. The smallest absolute Gasteiger partial charge is 0.320 e. The monoisotopic (exact) mass is 326 g/mol. The Morgan fingerprint density at radius 1 is 1.53 bits per heavy atom. The van der Waals surface area contributed by atoms with E-state index < -0.39 is 11.4 Å². The molecule has 1 atom stereocenters. The largest absolute Gasteiger partial charge is 0.497 e. The molecule has 1 heterocycles. The van der Waals surface area contributed by atoms with Crippen molar-refractivity contribution in [2.45, 2.75) is 19.8 Å². The molecule has 0 bridgehead atoms. The van der Waals surface area contributed by atoms with Gasteiger partial charge in [0, 0.05) is 10.9 Å². The third-order valence-electron chi connectivity index (χ3n) is 3.57. The maximum Gasteiger partial charge on any atom is 0.320 e. The van der Waals surface area contributed by atoms with Gasteiger partial charge in [-0.25, -0.2) is 0 Å². The number of cyclic esters (lactones) is 1. The number of ether oxygens (including phenoxy) is 2. The number of esters is 1. The maximum atomic E-state index is 11.9. The standard InChI is InChI=1S/C14H15BrO4/c1-9(16)14(5-6-19-13(14)17)8-10-7-11(18-2)3-4-12(10)15/h3-4,7H,5-6,8H2,1-2H3. The van der Waals surface area contributed by atoms with E-state index in [0.717, 1.165) is 10.0 Å². The van der Waals surface area contributed by atoms with Crippen LogP contribution in [0.4, 0.5) is 0 Å². The maximum absolute atomic E-state index is 11.9. The van der Waals surface area contributed by atoms with Crippen molar-refractivity contribution in [1.29, 1.82) is 0 Å². The number of carbonyl (C=O) groups is 2. The Morgan fingerprint density at radius 3 is 2.79 bits per heavy atom. The van der Waals surface area contributed by atoms with Crippen molar-refractivity contribution in [1.82, 2.24) is 0 Å². The lowest BCUT2D eigenvalue weighted by atomic mass is 9.77. The molecule has 1 aromatic rings. The highest BCUT2D eigenvalue weighted by Gasteiger charge is 2.49. The van der Waals surface area contributed by atoms with Crippen molar-refractivity contribution >= 4 is 27.7 Å². The van der Waals surface area contributed by atoms with Gasteiger partial charge >= 0.3 is 5.97 Å². The normalized spacial score (nSPS) is 22.2. The first-order valence-electron chi connectivity index (χ1n) is 6.00. The molecule has 0 aromatic heterocycles. The second kappa shape index (κ2) is 5.33. The zero-order valence-corrected chi connectivity index (χ0v) is 12.5. The average Bonchev–Trinajstić information content (AvgIpc) is 2.75. The highest BCUT2D eigenvalue weighted by Crippen LogP contribution is 2.37. The first kappa shape index (κ1) is 14.1. The first-order valence-corrected chi connectivity index (χ1v) is 6.79. The molecule has 0 amide bonds. The lowest BCUT2D eigenvalue weighted by Crippen LogP contribution is -2.36. The molecule has 0 saturated carbocycles. The van der Waals surface area contributed by atoms with Crippen LogP contribution >= 0.6 is 15.9 Å². The molecule has 1 aliphatic rings. The molecule has 0 spiro atoms. The summed E-state index contributed by atoms with van der Waals surface area (Å²) in [5.74, 6) is 0.128. The number of benzene rings is 1. The molecule has 1 aromatic carbocycles. The summed E-state index contributed by atoms with van der Waals surface area (Å²) in [5.41, 5.74) is -0.178. The number of Topliss-reactive ketones (excluding diaryl/α,β-unsaturated/α-hetero) is 1. The van der Waals surface area contributed by atoms with Crippen LogP contribution < -0.4 is 4.74 Å². The molecule has 5 heteroatoms. The predicted octanol–water partition coefficient (Wildman–Crippen LogP) is 2.52. The van der Waals surface area contributed by atoms with Gasteiger partial charge in [-0.2, -0.15) is 0 Å². The number of ketones is 1. The summed E-state index contributed by atoms with van der Waals surface area (Å²) in [5, 5.41) is 0. The summed E-state index contributed by atoms with van der Waals surface area (Å²) in [6, 6.07) is 5.50. The van der Waals surface area contributed by atoms with Crippen LogP contribution in [0.25, 0.3) is 0 Å². The molecule has 0 aliphatic carbocycles. The van der Waals surface area contributed by atoms with E-state index in [1.54, 1.807) is 7.11 Å². The number of halogens is 1. The summed E-state index contributed by atoms with van der Waals surface area (Å²) in [4.78, 5) is 23.8. The molecule has 4 nitrogen and oxygen atoms in total. The van der Waals surface area contributed by atoms with Gasteiger partial charge in [0.15, 0.2) is 0 Å². The van der Waals surface area contributed by atoms with Crippen LogP contribution in [0.1, 0.15) is 18.9 Å². The minimum atomic E-state index is -1.05. The molecule has 1 saturated heterocycles. The Kier molecular flexibility index (Phi) is 3.94. The second-order valence-electron chi connectivity index (χ2n) is 4.66. The fourth-order valence-corrected chi connectivity index (χ4v) is 2.69. The number of hydrogen-bond donors (Lipinski definition) is 0. The van der Waals surface area contributed by atoms with Crippen LogP contribution in [-0.4, -0.2) is 25.5 Å². The number of rotatable bonds is 4. The summed E-state index contributed by atoms with van der Waals surface area (Å²) in [7, 11) is 1.58. The zero-order valence-electron chi connectivity index (χ0n) is 10.9. The van der Waals surface area contributed by atoms with Gasteiger partial charge in [-0.05, 0) is 37.1 Å². The second-order valence-corrected chi connectivity index (χ2v) is 5.51. The van der Waals surface area contributed by atoms with E-state index in [4.69, 9.17) is 9.47 Å². The van der Waals surface area contributed by atoms with Crippen LogP contribution in [0.5, 0.6) is 5.75 Å². The minimum Gasteiger partial charge on any atom is -0.497 e. The van der Waals surface area contributed by atoms with Crippen molar-refractivity contribution < 1.29 is 19.1 Å². The van der Waals surface area contributed by atoms with Crippen molar-refractivity contribution in [3.05, 3.63) is 28.2 Å². The molecule has 0 N–H and O–H groups in total. The molecule has 0 radical (unpaired) electrons. The zero-order chi connectivity index (χ0) is 14.0. The quantitative estimate of drug-likeness (QED) is 0.630. The van der Waals surface area contributed by atoms with Crippen molar-refractivity contribution in [2.75, 3.05) is 13.7 Å². The Balaban J connectivity index is 2.38. The summed E-state index contributed by atoms with van der Waals surface area (Å²) < 4.78 is 11.0. The van der Waals surface area contributed by atoms with Gasteiger partial charge in [0.25, 0.3) is 0 Å². The first-order chi connectivity index (χ1) is 8.99. The van der Waals surface area contributed by atoms with Crippen molar-refractivity contribution in [3.8, 4) is 5.75 Å². The highest BCUT2D eigenvalue weighted by molar-refractivity contribution is 9.10. The van der Waals surface area contributed by atoms with Gasteiger partial charge in [-0.1, -0.05) is 15.9 Å². The number of carbonyl (C=O) groups excluding carboxylic acids is 2. The van der Waals surface area contributed by atoms with E-state index in [0.29, 0.717) is 25.2 Å². The fraction of sp³-hybridized carbons (Fsp3) is 0.429. The lowest BCUT2D eigenvalue weighted by Gasteiger charge is -2.22. The van der Waals surface area contributed by atoms with E-state index in [-0.39, 0.29) is 5.78 Å². The van der Waals surface area contributed by atoms with Crippen molar-refractivity contribution in [3.63, 3.8) is 0 Å². The van der Waals surface area contributed by atoms with Gasteiger partial charge < -0.3 is 9.47 Å². The summed E-state index contributed by atoms with van der Waals surface area (Å²) in [6.07, 6.45) is 0.768. The van der Waals surface area contributed by atoms with Gasteiger partial charge in [0.2, 0.25) is 0 Å². The highest BCUT2D eigenvalue weighted by atomic mass is 79.9. The lowest BCUT2D eigenvalue weighted by molar-refractivity contribution is -0.150.